The normalized spacial score (nSPS) is 27.6. The highest BCUT2D eigenvalue weighted by atomic mass is 16.4. The van der Waals surface area contributed by atoms with Crippen LogP contribution in [-0.2, 0) is 4.79 Å². The van der Waals surface area contributed by atoms with E-state index in [1.165, 1.54) is 0 Å². The molecule has 1 aliphatic rings. The lowest BCUT2D eigenvalue weighted by Gasteiger charge is -2.27. The molecule has 1 heterocycles. The molecule has 1 saturated heterocycles. The van der Waals surface area contributed by atoms with Crippen molar-refractivity contribution >= 4 is 5.97 Å². The Balaban J connectivity index is 2.57. The number of likely N-dealkylation sites (tertiary alicyclic amines) is 1. The summed E-state index contributed by atoms with van der Waals surface area (Å²) in [6.07, 6.45) is 0. The maximum atomic E-state index is 11.1. The zero-order valence-electron chi connectivity index (χ0n) is 11.0. The van der Waals surface area contributed by atoms with E-state index in [1.807, 2.05) is 0 Å². The van der Waals surface area contributed by atoms with Gasteiger partial charge in [-0.25, -0.2) is 0 Å². The minimum atomic E-state index is -0.714. The number of carboxylic acid groups (broad SMARTS) is 1. The van der Waals surface area contributed by atoms with E-state index >= 15 is 0 Å². The molecule has 0 spiro atoms. The number of carboxylic acids is 1. The molecule has 4 nitrogen and oxygen atoms in total. The van der Waals surface area contributed by atoms with Crippen LogP contribution in [0.4, 0.5) is 0 Å². The summed E-state index contributed by atoms with van der Waals surface area (Å²) in [6, 6.07) is 0.546. The molecule has 1 fully saturated rings. The van der Waals surface area contributed by atoms with Crippen LogP contribution < -0.4 is 0 Å². The number of rotatable bonds is 4. The molecule has 0 bridgehead atoms. The summed E-state index contributed by atoms with van der Waals surface area (Å²) in [5.41, 5.74) is -0.652. The Labute approximate surface area is 98.2 Å². The van der Waals surface area contributed by atoms with Crippen LogP contribution in [0, 0.1) is 11.3 Å². The fraction of sp³-hybridized carbons (Fsp3) is 0.917. The van der Waals surface area contributed by atoms with E-state index in [4.69, 9.17) is 5.11 Å². The van der Waals surface area contributed by atoms with E-state index in [-0.39, 0.29) is 0 Å². The molecule has 1 aliphatic heterocycles. The first-order chi connectivity index (χ1) is 7.24. The first-order valence-corrected chi connectivity index (χ1v) is 5.86. The van der Waals surface area contributed by atoms with Gasteiger partial charge in [-0.05, 0) is 33.9 Å². The average Bonchev–Trinajstić information content (AvgIpc) is 2.45. The van der Waals surface area contributed by atoms with Crippen LogP contribution in [0.15, 0.2) is 0 Å². The summed E-state index contributed by atoms with van der Waals surface area (Å²) in [6.45, 7) is 8.44. The first-order valence-electron chi connectivity index (χ1n) is 5.86. The summed E-state index contributed by atoms with van der Waals surface area (Å²) >= 11 is 0. The number of aliphatic carboxylic acids is 1. The third-order valence-electron chi connectivity index (χ3n) is 3.51. The summed E-state index contributed by atoms with van der Waals surface area (Å²) < 4.78 is 0. The second-order valence-corrected chi connectivity index (χ2v) is 5.89. The summed E-state index contributed by atoms with van der Waals surface area (Å²) in [5, 5.41) is 9.11. The Kier molecular flexibility index (Phi) is 3.97. The van der Waals surface area contributed by atoms with Gasteiger partial charge in [0.1, 0.15) is 0 Å². The molecular formula is C12H24N2O2. The van der Waals surface area contributed by atoms with Gasteiger partial charge in [0.15, 0.2) is 0 Å². The molecular weight excluding hydrogens is 204 g/mol. The van der Waals surface area contributed by atoms with E-state index in [2.05, 4.69) is 30.8 Å². The molecule has 0 aromatic heterocycles. The molecule has 0 amide bonds. The summed E-state index contributed by atoms with van der Waals surface area (Å²) in [7, 11) is 4.18. The molecule has 0 aromatic carbocycles. The Morgan fingerprint density at radius 2 is 2.00 bits per heavy atom. The second-order valence-electron chi connectivity index (χ2n) is 5.89. The van der Waals surface area contributed by atoms with Crippen molar-refractivity contribution in [3.8, 4) is 0 Å². The highest BCUT2D eigenvalue weighted by Gasteiger charge is 2.36. The lowest BCUT2D eigenvalue weighted by molar-refractivity contribution is -0.147. The quantitative estimate of drug-likeness (QED) is 0.779. The summed E-state index contributed by atoms with van der Waals surface area (Å²) in [4.78, 5) is 15.6. The maximum Gasteiger partial charge on any atom is 0.310 e. The van der Waals surface area contributed by atoms with Crippen molar-refractivity contribution in [2.75, 3.05) is 33.7 Å². The SMILES string of the molecule is CC1CN(CC(C)(C)C(=O)O)CC1N(C)C. The fourth-order valence-electron chi connectivity index (χ4n) is 2.48. The first kappa shape index (κ1) is 13.5. The third kappa shape index (κ3) is 2.95. The van der Waals surface area contributed by atoms with E-state index in [0.717, 1.165) is 13.1 Å². The van der Waals surface area contributed by atoms with Gasteiger partial charge < -0.3 is 14.9 Å². The van der Waals surface area contributed by atoms with Crippen LogP contribution in [0.25, 0.3) is 0 Å². The van der Waals surface area contributed by atoms with Gasteiger partial charge in [0.2, 0.25) is 0 Å². The van der Waals surface area contributed by atoms with Crippen molar-refractivity contribution in [2.45, 2.75) is 26.8 Å². The van der Waals surface area contributed by atoms with Crippen molar-refractivity contribution < 1.29 is 9.90 Å². The number of likely N-dealkylation sites (N-methyl/N-ethyl adjacent to an activating group) is 1. The monoisotopic (exact) mass is 228 g/mol. The van der Waals surface area contributed by atoms with E-state index < -0.39 is 11.4 Å². The predicted octanol–water partition coefficient (Wildman–Crippen LogP) is 0.979. The lowest BCUT2D eigenvalue weighted by Crippen LogP contribution is -2.40. The second kappa shape index (κ2) is 4.72. The highest BCUT2D eigenvalue weighted by Crippen LogP contribution is 2.25. The minimum Gasteiger partial charge on any atom is -0.481 e. The van der Waals surface area contributed by atoms with Crippen molar-refractivity contribution in [3.05, 3.63) is 0 Å². The van der Waals surface area contributed by atoms with Gasteiger partial charge in [-0.2, -0.15) is 0 Å². The zero-order chi connectivity index (χ0) is 12.5. The molecule has 0 radical (unpaired) electrons. The standard InChI is InChI=1S/C12H24N2O2/c1-9-6-14(7-10(9)13(4)5)8-12(2,3)11(15)16/h9-10H,6-8H2,1-5H3,(H,15,16). The maximum absolute atomic E-state index is 11.1. The van der Waals surface area contributed by atoms with Crippen LogP contribution in [0.5, 0.6) is 0 Å². The number of carbonyl (C=O) groups is 1. The lowest BCUT2D eigenvalue weighted by atomic mass is 9.93. The fourth-order valence-corrected chi connectivity index (χ4v) is 2.48. The van der Waals surface area contributed by atoms with Gasteiger partial charge >= 0.3 is 5.97 Å². The van der Waals surface area contributed by atoms with Crippen LogP contribution >= 0.6 is 0 Å². The molecule has 0 aromatic rings. The number of nitrogens with zero attached hydrogens (tertiary/aromatic N) is 2. The van der Waals surface area contributed by atoms with Crippen LogP contribution in [0.1, 0.15) is 20.8 Å². The van der Waals surface area contributed by atoms with Crippen molar-refractivity contribution in [2.24, 2.45) is 11.3 Å². The molecule has 94 valence electrons. The van der Waals surface area contributed by atoms with Gasteiger partial charge in [-0.3, -0.25) is 4.79 Å². The van der Waals surface area contributed by atoms with Crippen molar-refractivity contribution in [1.82, 2.24) is 9.80 Å². The molecule has 0 aliphatic carbocycles. The molecule has 16 heavy (non-hydrogen) atoms. The van der Waals surface area contributed by atoms with Crippen LogP contribution in [0.2, 0.25) is 0 Å². The van der Waals surface area contributed by atoms with Gasteiger partial charge in [0, 0.05) is 25.7 Å². The third-order valence-corrected chi connectivity index (χ3v) is 3.51. The number of hydrogen-bond acceptors (Lipinski definition) is 3. The molecule has 0 saturated carbocycles. The molecule has 4 heteroatoms. The Bertz CT molecular complexity index is 264. The topological polar surface area (TPSA) is 43.8 Å². The predicted molar refractivity (Wildman–Crippen MR) is 64.5 cm³/mol. The van der Waals surface area contributed by atoms with E-state index in [0.29, 0.717) is 18.5 Å². The molecule has 2 atom stereocenters. The smallest absolute Gasteiger partial charge is 0.310 e. The van der Waals surface area contributed by atoms with E-state index in [1.54, 1.807) is 13.8 Å². The minimum absolute atomic E-state index is 0.546. The van der Waals surface area contributed by atoms with E-state index in [9.17, 15) is 4.79 Å². The van der Waals surface area contributed by atoms with Crippen LogP contribution in [-0.4, -0.2) is 60.6 Å². The van der Waals surface area contributed by atoms with Crippen molar-refractivity contribution in [3.63, 3.8) is 0 Å². The molecule has 1 rings (SSSR count). The van der Waals surface area contributed by atoms with Crippen molar-refractivity contribution in [1.29, 1.82) is 0 Å². The van der Waals surface area contributed by atoms with Gasteiger partial charge in [0.05, 0.1) is 5.41 Å². The largest absolute Gasteiger partial charge is 0.481 e. The highest BCUT2D eigenvalue weighted by molar-refractivity contribution is 5.73. The summed E-state index contributed by atoms with van der Waals surface area (Å²) in [5.74, 6) is -0.104. The zero-order valence-corrected chi connectivity index (χ0v) is 11.0. The Hall–Kier alpha value is -0.610. The Morgan fingerprint density at radius 1 is 1.44 bits per heavy atom. The Morgan fingerprint density at radius 3 is 2.38 bits per heavy atom. The van der Waals surface area contributed by atoms with Gasteiger partial charge in [-0.15, -0.1) is 0 Å². The molecule has 2 unspecified atom stereocenters. The van der Waals surface area contributed by atoms with Crippen LogP contribution in [0.3, 0.4) is 0 Å². The average molecular weight is 228 g/mol. The molecule has 1 N–H and O–H groups in total. The number of hydrogen-bond donors (Lipinski definition) is 1. The van der Waals surface area contributed by atoms with Gasteiger partial charge in [-0.1, -0.05) is 6.92 Å². The van der Waals surface area contributed by atoms with Gasteiger partial charge in [0.25, 0.3) is 0 Å².